The van der Waals surface area contributed by atoms with Crippen molar-refractivity contribution in [1.29, 1.82) is 0 Å². The Labute approximate surface area is 125 Å². The van der Waals surface area contributed by atoms with Gasteiger partial charge in [-0.25, -0.2) is 0 Å². The Morgan fingerprint density at radius 2 is 2.00 bits per heavy atom. The zero-order valence-electron chi connectivity index (χ0n) is 12.7. The van der Waals surface area contributed by atoms with Crippen LogP contribution in [0.3, 0.4) is 0 Å². The lowest BCUT2D eigenvalue weighted by Gasteiger charge is -2.12. The molecule has 3 aromatic rings. The van der Waals surface area contributed by atoms with E-state index in [9.17, 15) is 0 Å². The number of benzene rings is 1. The molecule has 0 radical (unpaired) electrons. The molecule has 0 saturated carbocycles. The molecule has 0 atom stereocenters. The second-order valence-corrected chi connectivity index (χ2v) is 5.57. The molecule has 21 heavy (non-hydrogen) atoms. The summed E-state index contributed by atoms with van der Waals surface area (Å²) in [4.78, 5) is 4.48. The predicted octanol–water partition coefficient (Wildman–Crippen LogP) is 4.18. The minimum absolute atomic E-state index is 0.178. The average molecular weight is 280 g/mol. The number of aromatic nitrogens is 2. The highest BCUT2D eigenvalue weighted by Gasteiger charge is 2.09. The maximum Gasteiger partial charge on any atom is 0.129 e. The Morgan fingerprint density at radius 3 is 2.76 bits per heavy atom. The van der Waals surface area contributed by atoms with E-state index in [0.29, 0.717) is 0 Å². The van der Waals surface area contributed by atoms with Crippen molar-refractivity contribution in [3.05, 3.63) is 60.0 Å². The topological polar surface area (TPSA) is 27.1 Å². The number of hydrogen-bond acceptors (Lipinski definition) is 2. The zero-order chi connectivity index (χ0) is 14.8. The first kappa shape index (κ1) is 13.7. The first-order valence-corrected chi connectivity index (χ1v) is 7.30. The fraction of sp³-hybridized carbons (Fsp3) is 0.278. The number of hydrogen-bond donors (Lipinski definition) is 0. The van der Waals surface area contributed by atoms with Crippen LogP contribution in [0, 0.1) is 6.92 Å². The maximum absolute atomic E-state index is 5.89. The monoisotopic (exact) mass is 280 g/mol. The van der Waals surface area contributed by atoms with Gasteiger partial charge in [0.1, 0.15) is 5.75 Å². The lowest BCUT2D eigenvalue weighted by atomic mass is 10.2. The highest BCUT2D eigenvalue weighted by Crippen LogP contribution is 2.28. The Balaban J connectivity index is 1.99. The molecular formula is C18H20N2O. The number of ether oxygens (including phenoxy) is 1. The van der Waals surface area contributed by atoms with Crippen molar-refractivity contribution >= 4 is 10.9 Å². The third-order valence-electron chi connectivity index (χ3n) is 3.57. The van der Waals surface area contributed by atoms with E-state index < -0.39 is 0 Å². The van der Waals surface area contributed by atoms with Crippen LogP contribution < -0.4 is 4.74 Å². The molecule has 0 unspecified atom stereocenters. The molecule has 2 aromatic heterocycles. The van der Waals surface area contributed by atoms with Crippen LogP contribution in [0.1, 0.15) is 25.1 Å². The summed E-state index contributed by atoms with van der Waals surface area (Å²) in [6.45, 7) is 6.97. The third kappa shape index (κ3) is 2.77. The van der Waals surface area contributed by atoms with Crippen LogP contribution in [-0.2, 0) is 6.54 Å². The van der Waals surface area contributed by atoms with Gasteiger partial charge in [0.15, 0.2) is 0 Å². The lowest BCUT2D eigenvalue weighted by molar-refractivity contribution is 0.245. The van der Waals surface area contributed by atoms with E-state index in [-0.39, 0.29) is 6.10 Å². The standard InChI is InChI=1S/C18H20N2O/c1-13(2)21-18-8-4-7-17-15(18)9-11-20(17)12-16-14(3)6-5-10-19-16/h4-11,13H,12H2,1-3H3. The van der Waals surface area contributed by atoms with Gasteiger partial charge < -0.3 is 9.30 Å². The molecule has 0 saturated heterocycles. The van der Waals surface area contributed by atoms with E-state index >= 15 is 0 Å². The Kier molecular flexibility index (Phi) is 3.65. The zero-order valence-corrected chi connectivity index (χ0v) is 12.7. The summed E-state index contributed by atoms with van der Waals surface area (Å²) in [5.74, 6) is 0.944. The van der Waals surface area contributed by atoms with Crippen LogP contribution in [-0.4, -0.2) is 15.7 Å². The molecule has 0 aliphatic rings. The molecule has 0 N–H and O–H groups in total. The van der Waals surface area contributed by atoms with Crippen LogP contribution in [0.2, 0.25) is 0 Å². The van der Waals surface area contributed by atoms with Gasteiger partial charge >= 0.3 is 0 Å². The molecule has 0 aliphatic carbocycles. The van der Waals surface area contributed by atoms with Gasteiger partial charge in [0.05, 0.1) is 23.9 Å². The van der Waals surface area contributed by atoms with Gasteiger partial charge in [-0.1, -0.05) is 12.1 Å². The summed E-state index contributed by atoms with van der Waals surface area (Å²) in [5, 5.41) is 1.15. The van der Waals surface area contributed by atoms with Gasteiger partial charge in [0, 0.05) is 17.8 Å². The van der Waals surface area contributed by atoms with Crippen LogP contribution in [0.5, 0.6) is 5.75 Å². The van der Waals surface area contributed by atoms with Gasteiger partial charge in [-0.15, -0.1) is 0 Å². The largest absolute Gasteiger partial charge is 0.490 e. The first-order valence-electron chi connectivity index (χ1n) is 7.30. The van der Waals surface area contributed by atoms with E-state index in [1.807, 2.05) is 38.2 Å². The summed E-state index contributed by atoms with van der Waals surface area (Å²) in [7, 11) is 0. The highest BCUT2D eigenvalue weighted by molar-refractivity contribution is 5.86. The molecule has 3 nitrogen and oxygen atoms in total. The fourth-order valence-corrected chi connectivity index (χ4v) is 2.54. The van der Waals surface area contributed by atoms with E-state index in [1.165, 1.54) is 11.1 Å². The summed E-state index contributed by atoms with van der Waals surface area (Å²) in [6.07, 6.45) is 4.13. The van der Waals surface area contributed by atoms with Crippen molar-refractivity contribution in [3.63, 3.8) is 0 Å². The number of fused-ring (bicyclic) bond motifs is 1. The second-order valence-electron chi connectivity index (χ2n) is 5.57. The predicted molar refractivity (Wildman–Crippen MR) is 85.8 cm³/mol. The molecule has 3 rings (SSSR count). The van der Waals surface area contributed by atoms with Crippen molar-refractivity contribution in [2.75, 3.05) is 0 Å². The fourth-order valence-electron chi connectivity index (χ4n) is 2.54. The normalized spacial score (nSPS) is 11.2. The van der Waals surface area contributed by atoms with E-state index in [2.05, 4.69) is 40.9 Å². The summed E-state index contributed by atoms with van der Waals surface area (Å²) >= 11 is 0. The molecule has 0 aliphatic heterocycles. The second kappa shape index (κ2) is 5.60. The quantitative estimate of drug-likeness (QED) is 0.717. The van der Waals surface area contributed by atoms with E-state index in [0.717, 1.165) is 23.4 Å². The summed E-state index contributed by atoms with van der Waals surface area (Å²) < 4.78 is 8.11. The Morgan fingerprint density at radius 1 is 1.14 bits per heavy atom. The van der Waals surface area contributed by atoms with Gasteiger partial charge in [-0.3, -0.25) is 4.98 Å². The minimum Gasteiger partial charge on any atom is -0.490 e. The molecule has 0 spiro atoms. The van der Waals surface area contributed by atoms with Gasteiger partial charge in [-0.2, -0.15) is 0 Å². The Hall–Kier alpha value is -2.29. The number of rotatable bonds is 4. The van der Waals surface area contributed by atoms with Crippen LogP contribution in [0.25, 0.3) is 10.9 Å². The maximum atomic E-state index is 5.89. The molecule has 3 heteroatoms. The van der Waals surface area contributed by atoms with Crippen molar-refractivity contribution in [2.24, 2.45) is 0 Å². The van der Waals surface area contributed by atoms with Gasteiger partial charge in [0.25, 0.3) is 0 Å². The smallest absolute Gasteiger partial charge is 0.129 e. The van der Waals surface area contributed by atoms with Crippen LogP contribution in [0.15, 0.2) is 48.8 Å². The summed E-state index contributed by atoms with van der Waals surface area (Å²) in [6, 6.07) is 12.4. The number of aryl methyl sites for hydroxylation is 1. The Bertz CT molecular complexity index is 759. The highest BCUT2D eigenvalue weighted by atomic mass is 16.5. The van der Waals surface area contributed by atoms with Crippen molar-refractivity contribution in [3.8, 4) is 5.75 Å². The van der Waals surface area contributed by atoms with Crippen LogP contribution in [0.4, 0.5) is 0 Å². The van der Waals surface area contributed by atoms with Gasteiger partial charge in [0.2, 0.25) is 0 Å². The van der Waals surface area contributed by atoms with Crippen molar-refractivity contribution in [2.45, 2.75) is 33.4 Å². The van der Waals surface area contributed by atoms with E-state index in [4.69, 9.17) is 4.74 Å². The molecule has 0 fully saturated rings. The van der Waals surface area contributed by atoms with Crippen molar-refractivity contribution in [1.82, 2.24) is 9.55 Å². The van der Waals surface area contributed by atoms with Gasteiger partial charge in [-0.05, 0) is 50.6 Å². The minimum atomic E-state index is 0.178. The molecular weight excluding hydrogens is 260 g/mol. The molecule has 0 amide bonds. The van der Waals surface area contributed by atoms with E-state index in [1.54, 1.807) is 0 Å². The molecule has 1 aromatic carbocycles. The lowest BCUT2D eigenvalue weighted by Crippen LogP contribution is -2.06. The average Bonchev–Trinajstić information content (AvgIpc) is 2.85. The van der Waals surface area contributed by atoms with Crippen LogP contribution >= 0.6 is 0 Å². The third-order valence-corrected chi connectivity index (χ3v) is 3.57. The first-order chi connectivity index (χ1) is 10.1. The molecule has 0 bridgehead atoms. The summed E-state index contributed by atoms with van der Waals surface area (Å²) in [5.41, 5.74) is 3.50. The SMILES string of the molecule is Cc1cccnc1Cn1ccc2c(OC(C)C)cccc21. The molecule has 2 heterocycles. The number of pyridine rings is 1. The molecule has 108 valence electrons. The number of nitrogens with zero attached hydrogens (tertiary/aromatic N) is 2. The van der Waals surface area contributed by atoms with Crippen molar-refractivity contribution < 1.29 is 4.74 Å².